The van der Waals surface area contributed by atoms with Crippen LogP contribution in [0.15, 0.2) is 30.3 Å². The van der Waals surface area contributed by atoms with Crippen molar-refractivity contribution in [3.63, 3.8) is 0 Å². The Bertz CT molecular complexity index is 549. The Labute approximate surface area is 120 Å². The van der Waals surface area contributed by atoms with Crippen LogP contribution >= 0.6 is 0 Å². The zero-order valence-corrected chi connectivity index (χ0v) is 12.4. The van der Waals surface area contributed by atoms with Gasteiger partial charge in [0.15, 0.2) is 0 Å². The topological polar surface area (TPSA) is 49.8 Å². The molecule has 0 spiro atoms. The van der Waals surface area contributed by atoms with E-state index in [2.05, 4.69) is 65.6 Å². The van der Waals surface area contributed by atoms with Crippen molar-refractivity contribution in [2.75, 3.05) is 17.2 Å². The van der Waals surface area contributed by atoms with Crippen LogP contribution in [0.25, 0.3) is 0 Å². The molecule has 0 aliphatic carbocycles. The standard InChI is InChI=1S/C16H22N4/c1-4-12-7-9-13(10-8-12)18-16-11-15(17-6-3)19-14(5-2)20-16/h7-11H,4-6H2,1-3H3,(H2,17,18,19,20). The molecule has 1 heterocycles. The third-order valence-corrected chi connectivity index (χ3v) is 3.08. The first-order chi connectivity index (χ1) is 9.75. The van der Waals surface area contributed by atoms with Crippen LogP contribution in [0.1, 0.15) is 32.2 Å². The second kappa shape index (κ2) is 6.89. The third-order valence-electron chi connectivity index (χ3n) is 3.08. The average molecular weight is 270 g/mol. The molecule has 0 saturated carbocycles. The molecule has 0 aliphatic heterocycles. The van der Waals surface area contributed by atoms with E-state index in [4.69, 9.17) is 0 Å². The van der Waals surface area contributed by atoms with Crippen molar-refractivity contribution in [1.82, 2.24) is 9.97 Å². The number of anilines is 3. The molecular weight excluding hydrogens is 248 g/mol. The summed E-state index contributed by atoms with van der Waals surface area (Å²) >= 11 is 0. The van der Waals surface area contributed by atoms with E-state index in [1.165, 1.54) is 5.56 Å². The molecule has 2 N–H and O–H groups in total. The molecule has 4 nitrogen and oxygen atoms in total. The van der Waals surface area contributed by atoms with Crippen LogP contribution in [0, 0.1) is 0 Å². The van der Waals surface area contributed by atoms with Gasteiger partial charge in [-0.15, -0.1) is 0 Å². The van der Waals surface area contributed by atoms with E-state index in [1.807, 2.05) is 6.07 Å². The summed E-state index contributed by atoms with van der Waals surface area (Å²) < 4.78 is 0. The Morgan fingerprint density at radius 2 is 1.60 bits per heavy atom. The minimum absolute atomic E-state index is 0.822. The van der Waals surface area contributed by atoms with Crippen molar-refractivity contribution in [3.8, 4) is 0 Å². The molecular formula is C16H22N4. The maximum absolute atomic E-state index is 4.51. The monoisotopic (exact) mass is 270 g/mol. The minimum atomic E-state index is 0.822. The highest BCUT2D eigenvalue weighted by molar-refractivity contribution is 5.59. The molecule has 1 aromatic carbocycles. The highest BCUT2D eigenvalue weighted by Gasteiger charge is 2.03. The molecule has 4 heteroatoms. The molecule has 1 aromatic heterocycles. The number of aromatic nitrogens is 2. The maximum Gasteiger partial charge on any atom is 0.136 e. The predicted octanol–water partition coefficient (Wildman–Crippen LogP) is 3.78. The van der Waals surface area contributed by atoms with E-state index in [1.54, 1.807) is 0 Å². The van der Waals surface area contributed by atoms with Gasteiger partial charge in [0.1, 0.15) is 17.5 Å². The lowest BCUT2D eigenvalue weighted by Crippen LogP contribution is -2.05. The number of rotatable bonds is 6. The van der Waals surface area contributed by atoms with Gasteiger partial charge in [-0.1, -0.05) is 26.0 Å². The molecule has 0 radical (unpaired) electrons. The fourth-order valence-electron chi connectivity index (χ4n) is 1.96. The number of aryl methyl sites for hydroxylation is 2. The molecule has 2 aromatic rings. The first kappa shape index (κ1) is 14.3. The van der Waals surface area contributed by atoms with E-state index in [9.17, 15) is 0 Å². The lowest BCUT2D eigenvalue weighted by Gasteiger charge is -2.10. The fourth-order valence-corrected chi connectivity index (χ4v) is 1.96. The smallest absolute Gasteiger partial charge is 0.136 e. The van der Waals surface area contributed by atoms with Crippen LogP contribution < -0.4 is 10.6 Å². The predicted molar refractivity (Wildman–Crippen MR) is 84.7 cm³/mol. The van der Waals surface area contributed by atoms with Crippen LogP contribution in [0.5, 0.6) is 0 Å². The number of hydrogen-bond acceptors (Lipinski definition) is 4. The van der Waals surface area contributed by atoms with E-state index >= 15 is 0 Å². The minimum Gasteiger partial charge on any atom is -0.370 e. The summed E-state index contributed by atoms with van der Waals surface area (Å²) in [6.07, 6.45) is 1.88. The maximum atomic E-state index is 4.51. The van der Waals surface area contributed by atoms with Gasteiger partial charge in [0, 0.05) is 24.7 Å². The molecule has 0 unspecified atom stereocenters. The molecule has 0 bridgehead atoms. The molecule has 0 amide bonds. The van der Waals surface area contributed by atoms with E-state index in [0.29, 0.717) is 0 Å². The Morgan fingerprint density at radius 3 is 2.20 bits per heavy atom. The Hall–Kier alpha value is -2.10. The summed E-state index contributed by atoms with van der Waals surface area (Å²) in [6.45, 7) is 7.13. The van der Waals surface area contributed by atoms with Crippen molar-refractivity contribution in [2.45, 2.75) is 33.6 Å². The number of benzene rings is 1. The van der Waals surface area contributed by atoms with Gasteiger partial charge in [-0.2, -0.15) is 0 Å². The van der Waals surface area contributed by atoms with E-state index in [-0.39, 0.29) is 0 Å². The van der Waals surface area contributed by atoms with E-state index in [0.717, 1.165) is 42.5 Å². The molecule has 0 saturated heterocycles. The second-order valence-corrected chi connectivity index (χ2v) is 4.61. The van der Waals surface area contributed by atoms with Crippen LogP contribution in [0.2, 0.25) is 0 Å². The Kier molecular flexibility index (Phi) is 4.93. The zero-order valence-electron chi connectivity index (χ0n) is 12.4. The van der Waals surface area contributed by atoms with E-state index < -0.39 is 0 Å². The Morgan fingerprint density at radius 1 is 0.900 bits per heavy atom. The van der Waals surface area contributed by atoms with Gasteiger partial charge in [0.05, 0.1) is 0 Å². The molecule has 20 heavy (non-hydrogen) atoms. The van der Waals surface area contributed by atoms with Crippen molar-refractivity contribution in [2.24, 2.45) is 0 Å². The summed E-state index contributed by atoms with van der Waals surface area (Å²) in [5.41, 5.74) is 2.38. The van der Waals surface area contributed by atoms with Gasteiger partial charge in [-0.25, -0.2) is 9.97 Å². The first-order valence-electron chi connectivity index (χ1n) is 7.23. The van der Waals surface area contributed by atoms with Crippen LogP contribution in [-0.2, 0) is 12.8 Å². The van der Waals surface area contributed by atoms with Crippen molar-refractivity contribution in [3.05, 3.63) is 41.7 Å². The zero-order chi connectivity index (χ0) is 14.4. The van der Waals surface area contributed by atoms with Crippen molar-refractivity contribution in [1.29, 1.82) is 0 Å². The average Bonchev–Trinajstić information content (AvgIpc) is 2.48. The normalized spacial score (nSPS) is 10.3. The lowest BCUT2D eigenvalue weighted by molar-refractivity contribution is 0.939. The van der Waals surface area contributed by atoms with Gasteiger partial charge >= 0.3 is 0 Å². The largest absolute Gasteiger partial charge is 0.370 e. The van der Waals surface area contributed by atoms with Gasteiger partial charge in [-0.05, 0) is 31.0 Å². The molecule has 0 fully saturated rings. The SMILES string of the molecule is CCNc1cc(Nc2ccc(CC)cc2)nc(CC)n1. The summed E-state index contributed by atoms with van der Waals surface area (Å²) in [5.74, 6) is 2.54. The summed E-state index contributed by atoms with van der Waals surface area (Å²) in [6, 6.07) is 10.4. The summed E-state index contributed by atoms with van der Waals surface area (Å²) in [4.78, 5) is 8.96. The second-order valence-electron chi connectivity index (χ2n) is 4.61. The first-order valence-corrected chi connectivity index (χ1v) is 7.23. The lowest BCUT2D eigenvalue weighted by atomic mass is 10.1. The number of hydrogen-bond donors (Lipinski definition) is 2. The van der Waals surface area contributed by atoms with Gasteiger partial charge in [0.2, 0.25) is 0 Å². The van der Waals surface area contributed by atoms with Crippen LogP contribution in [0.4, 0.5) is 17.3 Å². The third kappa shape index (κ3) is 3.70. The van der Waals surface area contributed by atoms with Crippen LogP contribution in [-0.4, -0.2) is 16.5 Å². The summed E-state index contributed by atoms with van der Waals surface area (Å²) in [7, 11) is 0. The number of nitrogens with zero attached hydrogens (tertiary/aromatic N) is 2. The van der Waals surface area contributed by atoms with Crippen molar-refractivity contribution >= 4 is 17.3 Å². The highest BCUT2D eigenvalue weighted by atomic mass is 15.1. The molecule has 0 atom stereocenters. The molecule has 106 valence electrons. The number of nitrogens with one attached hydrogen (secondary N) is 2. The van der Waals surface area contributed by atoms with Crippen LogP contribution in [0.3, 0.4) is 0 Å². The van der Waals surface area contributed by atoms with Gasteiger partial charge in [0.25, 0.3) is 0 Å². The fraction of sp³-hybridized carbons (Fsp3) is 0.375. The molecule has 0 aliphatic rings. The summed E-state index contributed by atoms with van der Waals surface area (Å²) in [5, 5.41) is 6.57. The highest BCUT2D eigenvalue weighted by Crippen LogP contribution is 2.18. The molecule has 2 rings (SSSR count). The quantitative estimate of drug-likeness (QED) is 0.838. The van der Waals surface area contributed by atoms with Crippen molar-refractivity contribution < 1.29 is 0 Å². The van der Waals surface area contributed by atoms with Gasteiger partial charge in [-0.3, -0.25) is 0 Å². The van der Waals surface area contributed by atoms with Gasteiger partial charge < -0.3 is 10.6 Å². The Balaban J connectivity index is 2.20.